The lowest BCUT2D eigenvalue weighted by atomic mass is 10.2. The van der Waals surface area contributed by atoms with Crippen molar-refractivity contribution in [2.75, 3.05) is 0 Å². The summed E-state index contributed by atoms with van der Waals surface area (Å²) >= 11 is 8.98. The molecule has 0 atom stereocenters. The zero-order valence-corrected chi connectivity index (χ0v) is 11.4. The molecule has 0 aromatic heterocycles. The molecule has 0 N–H and O–H groups in total. The second kappa shape index (κ2) is 5.67. The highest BCUT2D eigenvalue weighted by molar-refractivity contribution is 9.10. The minimum Gasteiger partial charge on any atom is -0.484 e. The van der Waals surface area contributed by atoms with Gasteiger partial charge in [-0.05, 0) is 35.9 Å². The van der Waals surface area contributed by atoms with E-state index in [9.17, 15) is 8.78 Å². The van der Waals surface area contributed by atoms with E-state index < -0.39 is 5.82 Å². The van der Waals surface area contributed by atoms with Gasteiger partial charge in [0.15, 0.2) is 11.6 Å². The quantitative estimate of drug-likeness (QED) is 0.771. The summed E-state index contributed by atoms with van der Waals surface area (Å²) in [5.41, 5.74) is 0.584. The summed E-state index contributed by atoms with van der Waals surface area (Å²) in [7, 11) is 0. The molecular weight excluding hydrogens is 325 g/mol. The summed E-state index contributed by atoms with van der Waals surface area (Å²) in [5, 5.41) is 0.186. The van der Waals surface area contributed by atoms with Crippen LogP contribution in [0.25, 0.3) is 0 Å². The van der Waals surface area contributed by atoms with Gasteiger partial charge < -0.3 is 4.74 Å². The molecule has 0 saturated carbocycles. The highest BCUT2D eigenvalue weighted by Crippen LogP contribution is 2.28. The van der Waals surface area contributed by atoms with E-state index in [1.807, 2.05) is 0 Å². The lowest BCUT2D eigenvalue weighted by molar-refractivity contribution is 0.290. The van der Waals surface area contributed by atoms with Gasteiger partial charge in [0.2, 0.25) is 0 Å². The molecule has 1 nitrogen and oxygen atoms in total. The van der Waals surface area contributed by atoms with Gasteiger partial charge >= 0.3 is 0 Å². The monoisotopic (exact) mass is 332 g/mol. The SMILES string of the molecule is Fc1cc(Br)cc(COc2c(F)cccc2Cl)c1. The number of para-hydroxylation sites is 1. The van der Waals surface area contributed by atoms with Crippen LogP contribution in [-0.4, -0.2) is 0 Å². The van der Waals surface area contributed by atoms with E-state index in [0.717, 1.165) is 0 Å². The summed E-state index contributed by atoms with van der Waals surface area (Å²) < 4.78 is 32.4. The van der Waals surface area contributed by atoms with E-state index in [1.54, 1.807) is 6.07 Å². The lowest BCUT2D eigenvalue weighted by Gasteiger charge is -2.09. The van der Waals surface area contributed by atoms with Crippen molar-refractivity contribution in [1.29, 1.82) is 0 Å². The van der Waals surface area contributed by atoms with Crippen LogP contribution in [0.1, 0.15) is 5.56 Å². The first-order valence-corrected chi connectivity index (χ1v) is 6.25. The fourth-order valence-corrected chi connectivity index (χ4v) is 2.20. The third-order valence-electron chi connectivity index (χ3n) is 2.22. The van der Waals surface area contributed by atoms with Crippen molar-refractivity contribution in [2.24, 2.45) is 0 Å². The largest absolute Gasteiger partial charge is 0.484 e. The predicted molar refractivity (Wildman–Crippen MR) is 69.8 cm³/mol. The number of halogens is 4. The molecule has 0 amide bonds. The van der Waals surface area contributed by atoms with Gasteiger partial charge in [-0.1, -0.05) is 33.6 Å². The number of hydrogen-bond acceptors (Lipinski definition) is 1. The molecule has 0 aliphatic rings. The molecule has 0 heterocycles. The van der Waals surface area contributed by atoms with Gasteiger partial charge in [-0.15, -0.1) is 0 Å². The minimum atomic E-state index is -0.544. The Morgan fingerprint density at radius 1 is 1.17 bits per heavy atom. The van der Waals surface area contributed by atoms with Crippen LogP contribution in [0, 0.1) is 11.6 Å². The first kappa shape index (κ1) is 13.3. The number of benzene rings is 2. The molecule has 0 aliphatic carbocycles. The highest BCUT2D eigenvalue weighted by atomic mass is 79.9. The summed E-state index contributed by atoms with van der Waals surface area (Å²) in [5.74, 6) is -0.958. The summed E-state index contributed by atoms with van der Waals surface area (Å²) in [4.78, 5) is 0. The average molecular weight is 334 g/mol. The molecule has 0 radical (unpaired) electrons. The molecule has 5 heteroatoms. The van der Waals surface area contributed by atoms with Crippen LogP contribution in [0.2, 0.25) is 5.02 Å². The molecule has 0 aliphatic heterocycles. The van der Waals surface area contributed by atoms with E-state index in [0.29, 0.717) is 10.0 Å². The van der Waals surface area contributed by atoms with Crippen LogP contribution >= 0.6 is 27.5 Å². The van der Waals surface area contributed by atoms with Crippen molar-refractivity contribution in [3.8, 4) is 5.75 Å². The Hall–Kier alpha value is -1.13. The van der Waals surface area contributed by atoms with Gasteiger partial charge in [-0.2, -0.15) is 0 Å². The van der Waals surface area contributed by atoms with Crippen molar-refractivity contribution in [3.63, 3.8) is 0 Å². The second-order valence-electron chi connectivity index (χ2n) is 3.62. The summed E-state index contributed by atoms with van der Waals surface area (Å²) in [6, 6.07) is 8.62. The zero-order valence-electron chi connectivity index (χ0n) is 9.09. The van der Waals surface area contributed by atoms with E-state index in [2.05, 4.69) is 15.9 Å². The van der Waals surface area contributed by atoms with E-state index in [1.165, 1.54) is 30.3 Å². The second-order valence-corrected chi connectivity index (χ2v) is 4.94. The van der Waals surface area contributed by atoms with Gasteiger partial charge in [0.25, 0.3) is 0 Å². The van der Waals surface area contributed by atoms with Crippen molar-refractivity contribution in [3.05, 3.63) is 63.1 Å². The molecule has 0 saturated heterocycles. The first-order chi connectivity index (χ1) is 8.56. The fourth-order valence-electron chi connectivity index (χ4n) is 1.47. The smallest absolute Gasteiger partial charge is 0.174 e. The predicted octanol–water partition coefficient (Wildman–Crippen LogP) is 4.96. The Bertz CT molecular complexity index is 534. The molecule has 2 aromatic carbocycles. The maximum atomic E-state index is 13.4. The van der Waals surface area contributed by atoms with Crippen molar-refractivity contribution in [1.82, 2.24) is 0 Å². The van der Waals surface area contributed by atoms with Crippen LogP contribution in [0.4, 0.5) is 8.78 Å². The average Bonchev–Trinajstić information content (AvgIpc) is 2.27. The van der Waals surface area contributed by atoms with E-state index in [-0.39, 0.29) is 23.2 Å². The van der Waals surface area contributed by atoms with Gasteiger partial charge in [-0.25, -0.2) is 8.78 Å². The summed E-state index contributed by atoms with van der Waals surface area (Å²) in [6.07, 6.45) is 0. The molecule has 0 unspecified atom stereocenters. The molecule has 2 rings (SSSR count). The van der Waals surface area contributed by atoms with Crippen molar-refractivity contribution >= 4 is 27.5 Å². The van der Waals surface area contributed by atoms with Crippen LogP contribution in [0.15, 0.2) is 40.9 Å². The normalized spacial score (nSPS) is 10.4. The minimum absolute atomic E-state index is 0.0282. The van der Waals surface area contributed by atoms with Gasteiger partial charge in [0.05, 0.1) is 5.02 Å². The number of rotatable bonds is 3. The molecule has 0 spiro atoms. The number of hydrogen-bond donors (Lipinski definition) is 0. The number of ether oxygens (including phenoxy) is 1. The van der Waals surface area contributed by atoms with Crippen LogP contribution in [-0.2, 0) is 6.61 Å². The standard InChI is InChI=1S/C13H8BrClF2O/c14-9-4-8(5-10(16)6-9)7-18-13-11(15)2-1-3-12(13)17/h1-6H,7H2. The van der Waals surface area contributed by atoms with Crippen molar-refractivity contribution in [2.45, 2.75) is 6.61 Å². The molecule has 2 aromatic rings. The molecule has 0 fully saturated rings. The zero-order chi connectivity index (χ0) is 13.1. The van der Waals surface area contributed by atoms with Crippen LogP contribution in [0.5, 0.6) is 5.75 Å². The third kappa shape index (κ3) is 3.21. The van der Waals surface area contributed by atoms with Crippen molar-refractivity contribution < 1.29 is 13.5 Å². The Morgan fingerprint density at radius 2 is 1.94 bits per heavy atom. The molecular formula is C13H8BrClF2O. The fraction of sp³-hybridized carbons (Fsp3) is 0.0769. The Kier molecular flexibility index (Phi) is 4.19. The first-order valence-electron chi connectivity index (χ1n) is 5.08. The highest BCUT2D eigenvalue weighted by Gasteiger charge is 2.08. The maximum absolute atomic E-state index is 13.4. The third-order valence-corrected chi connectivity index (χ3v) is 2.98. The Labute approximate surface area is 116 Å². The van der Waals surface area contributed by atoms with Gasteiger partial charge in [0, 0.05) is 4.47 Å². The van der Waals surface area contributed by atoms with Crippen LogP contribution in [0.3, 0.4) is 0 Å². The lowest BCUT2D eigenvalue weighted by Crippen LogP contribution is -1.98. The maximum Gasteiger partial charge on any atom is 0.174 e. The summed E-state index contributed by atoms with van der Waals surface area (Å²) in [6.45, 7) is 0.0387. The Balaban J connectivity index is 2.16. The topological polar surface area (TPSA) is 9.23 Å². The molecule has 0 bridgehead atoms. The van der Waals surface area contributed by atoms with E-state index in [4.69, 9.17) is 16.3 Å². The van der Waals surface area contributed by atoms with E-state index >= 15 is 0 Å². The van der Waals surface area contributed by atoms with Gasteiger partial charge in [0.1, 0.15) is 12.4 Å². The van der Waals surface area contributed by atoms with Crippen LogP contribution < -0.4 is 4.74 Å². The molecule has 18 heavy (non-hydrogen) atoms. The Morgan fingerprint density at radius 3 is 2.61 bits per heavy atom. The molecule has 94 valence electrons. The van der Waals surface area contributed by atoms with Gasteiger partial charge in [-0.3, -0.25) is 0 Å².